The second-order valence-electron chi connectivity index (χ2n) is 4.45. The molecule has 0 aliphatic carbocycles. The molecule has 0 saturated heterocycles. The van der Waals surface area contributed by atoms with E-state index in [0.29, 0.717) is 6.61 Å². The Morgan fingerprint density at radius 2 is 2.05 bits per heavy atom. The second-order valence-corrected chi connectivity index (χ2v) is 5.31. The molecule has 0 amide bonds. The van der Waals surface area contributed by atoms with Crippen molar-refractivity contribution in [2.24, 2.45) is 0 Å². The first-order chi connectivity index (χ1) is 9.19. The van der Waals surface area contributed by atoms with Gasteiger partial charge in [0.05, 0.1) is 4.47 Å². The van der Waals surface area contributed by atoms with Gasteiger partial charge in [0.25, 0.3) is 0 Å². The van der Waals surface area contributed by atoms with E-state index in [1.165, 1.54) is 5.56 Å². The Bertz CT molecular complexity index is 558. The number of aromatic nitrogens is 1. The van der Waals surface area contributed by atoms with Gasteiger partial charge in [0, 0.05) is 24.5 Å². The molecule has 0 aliphatic rings. The smallest absolute Gasteiger partial charge is 0.134 e. The molecule has 3 nitrogen and oxygen atoms in total. The predicted molar refractivity (Wildman–Crippen MR) is 80.2 cm³/mol. The van der Waals surface area contributed by atoms with Crippen LogP contribution >= 0.6 is 15.9 Å². The van der Waals surface area contributed by atoms with Crippen LogP contribution in [0.25, 0.3) is 0 Å². The molecular weight excluding hydrogens is 304 g/mol. The summed E-state index contributed by atoms with van der Waals surface area (Å²) < 4.78 is 6.78. The summed E-state index contributed by atoms with van der Waals surface area (Å²) in [6.07, 6.45) is 3.67. The Labute approximate surface area is 122 Å². The van der Waals surface area contributed by atoms with Crippen LogP contribution in [0.5, 0.6) is 5.75 Å². The van der Waals surface area contributed by atoms with Crippen LogP contribution in [-0.4, -0.2) is 12.0 Å². The Morgan fingerprint density at radius 3 is 2.74 bits per heavy atom. The molecule has 0 fully saturated rings. The average Bonchev–Trinajstić information content (AvgIpc) is 2.38. The summed E-state index contributed by atoms with van der Waals surface area (Å²) in [5.41, 5.74) is 3.44. The lowest BCUT2D eigenvalue weighted by atomic mass is 10.2. The molecule has 1 aromatic carbocycles. The molecule has 1 heterocycles. The van der Waals surface area contributed by atoms with Gasteiger partial charge >= 0.3 is 0 Å². The highest BCUT2D eigenvalue weighted by molar-refractivity contribution is 9.10. The van der Waals surface area contributed by atoms with Crippen molar-refractivity contribution in [3.63, 3.8) is 0 Å². The Balaban J connectivity index is 2.03. The molecule has 1 N–H and O–H groups in total. The van der Waals surface area contributed by atoms with Crippen LogP contribution in [0.15, 0.2) is 41.1 Å². The number of hydrogen-bond donors (Lipinski definition) is 1. The molecule has 0 atom stereocenters. The third kappa shape index (κ3) is 4.04. The average molecular weight is 321 g/mol. The van der Waals surface area contributed by atoms with Crippen LogP contribution in [0.2, 0.25) is 0 Å². The van der Waals surface area contributed by atoms with Crippen molar-refractivity contribution in [1.82, 2.24) is 10.3 Å². The lowest BCUT2D eigenvalue weighted by Crippen LogP contribution is -2.05. The number of aryl methyl sites for hydroxylation is 1. The number of ether oxygens (including phenoxy) is 1. The van der Waals surface area contributed by atoms with Crippen molar-refractivity contribution in [2.45, 2.75) is 20.1 Å². The summed E-state index contributed by atoms with van der Waals surface area (Å²) in [7, 11) is 1.93. The summed E-state index contributed by atoms with van der Waals surface area (Å²) in [6, 6.07) is 8.20. The zero-order valence-corrected chi connectivity index (χ0v) is 12.7. The van der Waals surface area contributed by atoms with E-state index in [1.54, 1.807) is 0 Å². The highest BCUT2D eigenvalue weighted by Crippen LogP contribution is 2.26. The number of nitrogens with one attached hydrogen (secondary N) is 1. The fourth-order valence-electron chi connectivity index (χ4n) is 1.83. The summed E-state index contributed by atoms with van der Waals surface area (Å²) in [6.45, 7) is 3.40. The van der Waals surface area contributed by atoms with Gasteiger partial charge in [-0.25, -0.2) is 0 Å². The van der Waals surface area contributed by atoms with Crippen LogP contribution in [0, 0.1) is 6.92 Å². The second kappa shape index (κ2) is 6.68. The molecule has 4 heteroatoms. The Hall–Kier alpha value is -1.39. The van der Waals surface area contributed by atoms with Crippen LogP contribution in [0.4, 0.5) is 0 Å². The van der Waals surface area contributed by atoms with E-state index in [0.717, 1.165) is 27.9 Å². The lowest BCUT2D eigenvalue weighted by Gasteiger charge is -2.10. The van der Waals surface area contributed by atoms with E-state index in [1.807, 2.05) is 32.4 Å². The molecule has 0 bridgehead atoms. The third-order valence-electron chi connectivity index (χ3n) is 2.70. The lowest BCUT2D eigenvalue weighted by molar-refractivity contribution is 0.303. The first kappa shape index (κ1) is 14.0. The number of nitrogens with zero attached hydrogens (tertiary/aromatic N) is 1. The number of halogens is 1. The molecule has 0 aliphatic heterocycles. The monoisotopic (exact) mass is 320 g/mol. The maximum absolute atomic E-state index is 5.80. The summed E-state index contributed by atoms with van der Waals surface area (Å²) in [4.78, 5) is 4.16. The summed E-state index contributed by atoms with van der Waals surface area (Å²) in [5, 5.41) is 3.12. The topological polar surface area (TPSA) is 34.1 Å². The van der Waals surface area contributed by atoms with E-state index in [2.05, 4.69) is 44.4 Å². The largest absolute Gasteiger partial charge is 0.488 e. The molecular formula is C15H17BrN2O. The maximum Gasteiger partial charge on any atom is 0.134 e. The number of benzene rings is 1. The van der Waals surface area contributed by atoms with E-state index in [4.69, 9.17) is 4.74 Å². The molecule has 1 aromatic heterocycles. The van der Waals surface area contributed by atoms with Crippen molar-refractivity contribution < 1.29 is 4.74 Å². The standard InChI is InChI=1S/C15H17BrN2O/c1-11-5-13(9-18-7-11)10-19-15-4-3-12(8-17-2)6-14(15)16/h3-7,9,17H,8,10H2,1-2H3. The molecule has 0 saturated carbocycles. The van der Waals surface area contributed by atoms with Crippen LogP contribution in [0.1, 0.15) is 16.7 Å². The van der Waals surface area contributed by atoms with Crippen LogP contribution < -0.4 is 10.1 Å². The minimum Gasteiger partial charge on any atom is -0.488 e. The summed E-state index contributed by atoms with van der Waals surface area (Å²) in [5.74, 6) is 0.848. The number of rotatable bonds is 5. The van der Waals surface area contributed by atoms with Crippen LogP contribution in [0.3, 0.4) is 0 Å². The van der Waals surface area contributed by atoms with Gasteiger partial charge in [-0.05, 0) is 59.2 Å². The number of pyridine rings is 1. The van der Waals surface area contributed by atoms with Crippen molar-refractivity contribution in [3.8, 4) is 5.75 Å². The molecule has 0 spiro atoms. The third-order valence-corrected chi connectivity index (χ3v) is 3.32. The molecule has 0 unspecified atom stereocenters. The maximum atomic E-state index is 5.80. The molecule has 19 heavy (non-hydrogen) atoms. The van der Waals surface area contributed by atoms with Crippen molar-refractivity contribution in [1.29, 1.82) is 0 Å². The van der Waals surface area contributed by atoms with E-state index >= 15 is 0 Å². The molecule has 2 aromatic rings. The molecule has 2 rings (SSSR count). The molecule has 100 valence electrons. The van der Waals surface area contributed by atoms with Crippen LogP contribution in [-0.2, 0) is 13.2 Å². The van der Waals surface area contributed by atoms with Gasteiger partial charge in [-0.15, -0.1) is 0 Å². The van der Waals surface area contributed by atoms with Gasteiger partial charge < -0.3 is 10.1 Å². The highest BCUT2D eigenvalue weighted by atomic mass is 79.9. The normalized spacial score (nSPS) is 10.5. The first-order valence-electron chi connectivity index (χ1n) is 6.15. The van der Waals surface area contributed by atoms with Gasteiger partial charge in [-0.1, -0.05) is 6.07 Å². The highest BCUT2D eigenvalue weighted by Gasteiger charge is 2.03. The zero-order chi connectivity index (χ0) is 13.7. The minimum atomic E-state index is 0.526. The Morgan fingerprint density at radius 1 is 1.21 bits per heavy atom. The van der Waals surface area contributed by atoms with Gasteiger partial charge in [0.2, 0.25) is 0 Å². The summed E-state index contributed by atoms with van der Waals surface area (Å²) >= 11 is 3.54. The fourth-order valence-corrected chi connectivity index (χ4v) is 2.37. The zero-order valence-electron chi connectivity index (χ0n) is 11.1. The van der Waals surface area contributed by atoms with Crippen molar-refractivity contribution >= 4 is 15.9 Å². The SMILES string of the molecule is CNCc1ccc(OCc2cncc(C)c2)c(Br)c1. The quantitative estimate of drug-likeness (QED) is 0.916. The fraction of sp³-hybridized carbons (Fsp3) is 0.267. The van der Waals surface area contributed by atoms with Gasteiger partial charge in [-0.3, -0.25) is 4.98 Å². The van der Waals surface area contributed by atoms with Gasteiger partial charge in [-0.2, -0.15) is 0 Å². The van der Waals surface area contributed by atoms with Gasteiger partial charge in [0.1, 0.15) is 12.4 Å². The first-order valence-corrected chi connectivity index (χ1v) is 6.94. The molecule has 0 radical (unpaired) electrons. The predicted octanol–water partition coefficient (Wildman–Crippen LogP) is 3.45. The van der Waals surface area contributed by atoms with E-state index < -0.39 is 0 Å². The van der Waals surface area contributed by atoms with Crippen molar-refractivity contribution in [2.75, 3.05) is 7.05 Å². The van der Waals surface area contributed by atoms with Gasteiger partial charge in [0.15, 0.2) is 0 Å². The number of hydrogen-bond acceptors (Lipinski definition) is 3. The van der Waals surface area contributed by atoms with E-state index in [9.17, 15) is 0 Å². The minimum absolute atomic E-state index is 0.526. The Kier molecular flexibility index (Phi) is 4.93. The van der Waals surface area contributed by atoms with Crippen molar-refractivity contribution in [3.05, 3.63) is 57.8 Å². The van der Waals surface area contributed by atoms with E-state index in [-0.39, 0.29) is 0 Å².